The SMILES string of the molecule is COc1ccccc1OCC(=O)NCCN.Cl. The molecule has 0 aromatic heterocycles. The smallest absolute Gasteiger partial charge is 0.257 e. The number of nitrogens with one attached hydrogen (secondary N) is 1. The zero-order valence-corrected chi connectivity index (χ0v) is 10.5. The van der Waals surface area contributed by atoms with Gasteiger partial charge in [0.2, 0.25) is 0 Å². The van der Waals surface area contributed by atoms with Crippen molar-refractivity contribution >= 4 is 18.3 Å². The van der Waals surface area contributed by atoms with Gasteiger partial charge in [-0.25, -0.2) is 0 Å². The maximum atomic E-state index is 11.2. The van der Waals surface area contributed by atoms with E-state index in [1.807, 2.05) is 12.1 Å². The fraction of sp³-hybridized carbons (Fsp3) is 0.364. The molecule has 5 nitrogen and oxygen atoms in total. The van der Waals surface area contributed by atoms with E-state index in [0.29, 0.717) is 24.6 Å². The molecule has 3 N–H and O–H groups in total. The molecule has 96 valence electrons. The van der Waals surface area contributed by atoms with Crippen molar-refractivity contribution in [1.29, 1.82) is 0 Å². The Kier molecular flexibility index (Phi) is 7.92. The van der Waals surface area contributed by atoms with Crippen molar-refractivity contribution in [3.05, 3.63) is 24.3 Å². The summed E-state index contributed by atoms with van der Waals surface area (Å²) in [5.74, 6) is 0.957. The number of hydrogen-bond acceptors (Lipinski definition) is 4. The van der Waals surface area contributed by atoms with Crippen LogP contribution in [-0.2, 0) is 4.79 Å². The highest BCUT2D eigenvalue weighted by atomic mass is 35.5. The van der Waals surface area contributed by atoms with E-state index >= 15 is 0 Å². The van der Waals surface area contributed by atoms with E-state index in [1.165, 1.54) is 0 Å². The van der Waals surface area contributed by atoms with Crippen LogP contribution in [0.5, 0.6) is 11.5 Å². The van der Waals surface area contributed by atoms with E-state index in [4.69, 9.17) is 15.2 Å². The molecule has 0 aliphatic heterocycles. The highest BCUT2D eigenvalue weighted by Crippen LogP contribution is 2.25. The molecule has 6 heteroatoms. The fourth-order valence-electron chi connectivity index (χ4n) is 1.14. The predicted octanol–water partition coefficient (Wildman–Crippen LogP) is 0.571. The molecular formula is C11H17ClN2O3. The van der Waals surface area contributed by atoms with Crippen molar-refractivity contribution in [2.24, 2.45) is 5.73 Å². The van der Waals surface area contributed by atoms with Crippen molar-refractivity contribution in [3.8, 4) is 11.5 Å². The van der Waals surface area contributed by atoms with Crippen LogP contribution in [0.4, 0.5) is 0 Å². The second-order valence-electron chi connectivity index (χ2n) is 3.08. The van der Waals surface area contributed by atoms with E-state index in [-0.39, 0.29) is 24.9 Å². The quantitative estimate of drug-likeness (QED) is 0.784. The Morgan fingerprint density at radius 1 is 1.35 bits per heavy atom. The molecule has 0 heterocycles. The third-order valence-corrected chi connectivity index (χ3v) is 1.89. The average Bonchev–Trinajstić information content (AvgIpc) is 2.34. The standard InChI is InChI=1S/C11H16N2O3.ClH/c1-15-9-4-2-3-5-10(9)16-8-11(14)13-7-6-12;/h2-5H,6-8,12H2,1H3,(H,13,14);1H. The van der Waals surface area contributed by atoms with E-state index in [2.05, 4.69) is 5.32 Å². The third-order valence-electron chi connectivity index (χ3n) is 1.89. The largest absolute Gasteiger partial charge is 0.493 e. The molecule has 0 unspecified atom stereocenters. The van der Waals surface area contributed by atoms with Crippen molar-refractivity contribution in [2.75, 3.05) is 26.8 Å². The van der Waals surface area contributed by atoms with Crippen LogP contribution in [0.3, 0.4) is 0 Å². The molecule has 0 fully saturated rings. The average molecular weight is 261 g/mol. The van der Waals surface area contributed by atoms with Crippen LogP contribution in [-0.4, -0.2) is 32.7 Å². The van der Waals surface area contributed by atoms with Crippen molar-refractivity contribution in [2.45, 2.75) is 0 Å². The Balaban J connectivity index is 0.00000256. The number of carbonyl (C=O) groups excluding carboxylic acids is 1. The van der Waals surface area contributed by atoms with Gasteiger partial charge >= 0.3 is 0 Å². The van der Waals surface area contributed by atoms with Crippen LogP contribution in [0.25, 0.3) is 0 Å². The van der Waals surface area contributed by atoms with Gasteiger partial charge < -0.3 is 20.5 Å². The third kappa shape index (κ3) is 5.42. The predicted molar refractivity (Wildman–Crippen MR) is 67.8 cm³/mol. The molecular weight excluding hydrogens is 244 g/mol. The summed E-state index contributed by atoms with van der Waals surface area (Å²) in [6.45, 7) is 0.828. The maximum Gasteiger partial charge on any atom is 0.257 e. The normalized spacial score (nSPS) is 9.06. The van der Waals surface area contributed by atoms with Gasteiger partial charge in [-0.3, -0.25) is 4.79 Å². The van der Waals surface area contributed by atoms with Gasteiger partial charge in [-0.1, -0.05) is 12.1 Å². The summed E-state index contributed by atoms with van der Waals surface area (Å²) in [5.41, 5.74) is 5.25. The molecule has 1 amide bonds. The van der Waals surface area contributed by atoms with E-state index in [1.54, 1.807) is 19.2 Å². The van der Waals surface area contributed by atoms with E-state index < -0.39 is 0 Å². The topological polar surface area (TPSA) is 73.6 Å². The van der Waals surface area contributed by atoms with Gasteiger partial charge in [-0.05, 0) is 12.1 Å². The Hall–Kier alpha value is -1.46. The lowest BCUT2D eigenvalue weighted by Gasteiger charge is -2.09. The summed E-state index contributed by atoms with van der Waals surface area (Å²) in [7, 11) is 1.55. The van der Waals surface area contributed by atoms with Crippen molar-refractivity contribution in [3.63, 3.8) is 0 Å². The second kappa shape index (κ2) is 8.66. The molecule has 1 aromatic rings. The first kappa shape index (κ1) is 15.5. The molecule has 17 heavy (non-hydrogen) atoms. The first-order valence-corrected chi connectivity index (χ1v) is 5.00. The molecule has 0 aliphatic carbocycles. The molecule has 0 bridgehead atoms. The van der Waals surface area contributed by atoms with Gasteiger partial charge in [0.05, 0.1) is 7.11 Å². The van der Waals surface area contributed by atoms with Gasteiger partial charge in [-0.15, -0.1) is 12.4 Å². The maximum absolute atomic E-state index is 11.2. The number of hydrogen-bond donors (Lipinski definition) is 2. The molecule has 0 atom stereocenters. The first-order valence-electron chi connectivity index (χ1n) is 5.00. The lowest BCUT2D eigenvalue weighted by Crippen LogP contribution is -2.32. The molecule has 0 radical (unpaired) electrons. The summed E-state index contributed by atoms with van der Waals surface area (Å²) in [6, 6.07) is 7.16. The van der Waals surface area contributed by atoms with Crippen LogP contribution in [0.15, 0.2) is 24.3 Å². The van der Waals surface area contributed by atoms with Gasteiger partial charge in [0.1, 0.15) is 0 Å². The minimum absolute atomic E-state index is 0. The van der Waals surface area contributed by atoms with E-state index in [9.17, 15) is 4.79 Å². The summed E-state index contributed by atoms with van der Waals surface area (Å²) >= 11 is 0. The Morgan fingerprint density at radius 2 is 2.00 bits per heavy atom. The van der Waals surface area contributed by atoms with Gasteiger partial charge in [-0.2, -0.15) is 0 Å². The van der Waals surface area contributed by atoms with Crippen molar-refractivity contribution in [1.82, 2.24) is 5.32 Å². The van der Waals surface area contributed by atoms with Gasteiger partial charge in [0.15, 0.2) is 18.1 Å². The summed E-state index contributed by atoms with van der Waals surface area (Å²) in [5, 5.41) is 2.61. The molecule has 1 aromatic carbocycles. The number of rotatable bonds is 6. The summed E-state index contributed by atoms with van der Waals surface area (Å²) < 4.78 is 10.4. The molecule has 0 saturated carbocycles. The highest BCUT2D eigenvalue weighted by Gasteiger charge is 2.05. The van der Waals surface area contributed by atoms with Crippen LogP contribution in [0, 0.1) is 0 Å². The number of amides is 1. The van der Waals surface area contributed by atoms with Crippen LogP contribution >= 0.6 is 12.4 Å². The number of carbonyl (C=O) groups is 1. The lowest BCUT2D eigenvalue weighted by atomic mass is 10.3. The zero-order valence-electron chi connectivity index (χ0n) is 9.64. The van der Waals surface area contributed by atoms with Gasteiger partial charge in [0.25, 0.3) is 5.91 Å². The second-order valence-corrected chi connectivity index (χ2v) is 3.08. The Labute approximate surface area is 107 Å². The summed E-state index contributed by atoms with van der Waals surface area (Å²) in [6.07, 6.45) is 0. The van der Waals surface area contributed by atoms with Crippen LogP contribution in [0.2, 0.25) is 0 Å². The lowest BCUT2D eigenvalue weighted by molar-refractivity contribution is -0.123. The first-order chi connectivity index (χ1) is 7.77. The Morgan fingerprint density at radius 3 is 2.59 bits per heavy atom. The number of ether oxygens (including phenoxy) is 2. The molecule has 0 aliphatic rings. The van der Waals surface area contributed by atoms with Gasteiger partial charge in [0, 0.05) is 13.1 Å². The van der Waals surface area contributed by atoms with Crippen LogP contribution < -0.4 is 20.5 Å². The number of halogens is 1. The molecule has 0 spiro atoms. The number of benzene rings is 1. The number of para-hydroxylation sites is 2. The van der Waals surface area contributed by atoms with Crippen LogP contribution in [0.1, 0.15) is 0 Å². The fourth-order valence-corrected chi connectivity index (χ4v) is 1.14. The molecule has 0 saturated heterocycles. The highest BCUT2D eigenvalue weighted by molar-refractivity contribution is 5.85. The monoisotopic (exact) mass is 260 g/mol. The Bertz CT molecular complexity index is 347. The number of methoxy groups -OCH3 is 1. The number of nitrogens with two attached hydrogens (primary N) is 1. The summed E-state index contributed by atoms with van der Waals surface area (Å²) in [4.78, 5) is 11.2. The van der Waals surface area contributed by atoms with Crippen molar-refractivity contribution < 1.29 is 14.3 Å². The zero-order chi connectivity index (χ0) is 11.8. The van der Waals surface area contributed by atoms with E-state index in [0.717, 1.165) is 0 Å². The minimum atomic E-state index is -0.198. The molecule has 1 rings (SSSR count). The minimum Gasteiger partial charge on any atom is -0.493 e.